The highest BCUT2D eigenvalue weighted by Crippen LogP contribution is 2.25. The van der Waals surface area contributed by atoms with Crippen LogP contribution in [-0.2, 0) is 4.79 Å². The lowest BCUT2D eigenvalue weighted by Crippen LogP contribution is -2.11. The topological polar surface area (TPSA) is 17.1 Å². The standard InChI is InChI=1S/C12H18O/c1-9(2)4-5-11-6-10(3)7-12(13)8-11/h8,10H,1,4-7H2,2-3H3. The first-order valence-electron chi connectivity index (χ1n) is 4.94. The van der Waals surface area contributed by atoms with Crippen LogP contribution in [0.1, 0.15) is 39.5 Å². The Morgan fingerprint density at radius 1 is 1.62 bits per heavy atom. The molecule has 0 radical (unpaired) electrons. The molecule has 0 fully saturated rings. The zero-order chi connectivity index (χ0) is 9.84. The van der Waals surface area contributed by atoms with Gasteiger partial charge in [-0.05, 0) is 38.2 Å². The molecule has 1 aliphatic rings. The minimum atomic E-state index is 0.301. The Hall–Kier alpha value is -0.850. The molecule has 1 unspecified atom stereocenters. The second-order valence-electron chi connectivity index (χ2n) is 4.24. The van der Waals surface area contributed by atoms with Crippen LogP contribution in [0.5, 0.6) is 0 Å². The van der Waals surface area contributed by atoms with E-state index in [4.69, 9.17) is 0 Å². The Kier molecular flexibility index (Phi) is 3.47. The molecule has 0 N–H and O–H groups in total. The molecule has 13 heavy (non-hydrogen) atoms. The lowest BCUT2D eigenvalue weighted by molar-refractivity contribution is -0.115. The predicted octanol–water partition coefficient (Wildman–Crippen LogP) is 3.27. The molecule has 1 heteroatoms. The third kappa shape index (κ3) is 3.58. The predicted molar refractivity (Wildman–Crippen MR) is 55.5 cm³/mol. The largest absolute Gasteiger partial charge is 0.295 e. The third-order valence-electron chi connectivity index (χ3n) is 2.40. The minimum absolute atomic E-state index is 0.301. The molecular formula is C12H18O. The Balaban J connectivity index is 2.49. The molecule has 1 nitrogen and oxygen atoms in total. The second kappa shape index (κ2) is 4.40. The van der Waals surface area contributed by atoms with Gasteiger partial charge in [-0.3, -0.25) is 4.79 Å². The molecule has 72 valence electrons. The third-order valence-corrected chi connectivity index (χ3v) is 2.40. The summed E-state index contributed by atoms with van der Waals surface area (Å²) in [5.74, 6) is 0.841. The van der Waals surface area contributed by atoms with E-state index in [1.165, 1.54) is 11.1 Å². The second-order valence-corrected chi connectivity index (χ2v) is 4.24. The van der Waals surface area contributed by atoms with Crippen molar-refractivity contribution in [2.24, 2.45) is 5.92 Å². The molecule has 0 aliphatic heterocycles. The average Bonchev–Trinajstić information content (AvgIpc) is 1.99. The van der Waals surface area contributed by atoms with E-state index < -0.39 is 0 Å². The van der Waals surface area contributed by atoms with Crippen LogP contribution in [0.25, 0.3) is 0 Å². The molecule has 0 saturated heterocycles. The van der Waals surface area contributed by atoms with Crippen LogP contribution < -0.4 is 0 Å². The molecule has 1 atom stereocenters. The highest BCUT2D eigenvalue weighted by Gasteiger charge is 2.15. The van der Waals surface area contributed by atoms with E-state index in [2.05, 4.69) is 13.5 Å². The number of rotatable bonds is 3. The summed E-state index contributed by atoms with van der Waals surface area (Å²) < 4.78 is 0. The van der Waals surface area contributed by atoms with Gasteiger partial charge in [-0.15, -0.1) is 6.58 Å². The fourth-order valence-electron chi connectivity index (χ4n) is 1.76. The maximum atomic E-state index is 11.2. The van der Waals surface area contributed by atoms with Crippen molar-refractivity contribution >= 4 is 5.78 Å². The Morgan fingerprint density at radius 3 is 2.85 bits per heavy atom. The maximum Gasteiger partial charge on any atom is 0.155 e. The Morgan fingerprint density at radius 2 is 2.31 bits per heavy atom. The first kappa shape index (κ1) is 10.2. The molecule has 0 spiro atoms. The van der Waals surface area contributed by atoms with Gasteiger partial charge in [-0.1, -0.05) is 18.1 Å². The van der Waals surface area contributed by atoms with Gasteiger partial charge in [-0.2, -0.15) is 0 Å². The minimum Gasteiger partial charge on any atom is -0.295 e. The smallest absolute Gasteiger partial charge is 0.155 e. The molecule has 0 bridgehead atoms. The summed E-state index contributed by atoms with van der Waals surface area (Å²) >= 11 is 0. The Bertz CT molecular complexity index is 248. The molecule has 0 heterocycles. The van der Waals surface area contributed by atoms with Crippen molar-refractivity contribution in [3.05, 3.63) is 23.8 Å². The van der Waals surface area contributed by atoms with E-state index >= 15 is 0 Å². The number of hydrogen-bond acceptors (Lipinski definition) is 1. The zero-order valence-corrected chi connectivity index (χ0v) is 8.60. The van der Waals surface area contributed by atoms with Crippen molar-refractivity contribution in [3.63, 3.8) is 0 Å². The molecular weight excluding hydrogens is 160 g/mol. The van der Waals surface area contributed by atoms with Gasteiger partial charge in [0, 0.05) is 6.42 Å². The van der Waals surface area contributed by atoms with Gasteiger partial charge in [-0.25, -0.2) is 0 Å². The highest BCUT2D eigenvalue weighted by molar-refractivity contribution is 5.91. The van der Waals surface area contributed by atoms with Crippen molar-refractivity contribution in [2.75, 3.05) is 0 Å². The van der Waals surface area contributed by atoms with Crippen LogP contribution in [-0.4, -0.2) is 5.78 Å². The normalized spacial score (nSPS) is 22.8. The summed E-state index contributed by atoms with van der Waals surface area (Å²) in [5.41, 5.74) is 2.51. The molecule has 0 aromatic rings. The van der Waals surface area contributed by atoms with E-state index in [9.17, 15) is 4.79 Å². The van der Waals surface area contributed by atoms with E-state index in [-0.39, 0.29) is 0 Å². The van der Waals surface area contributed by atoms with Crippen LogP contribution in [0.15, 0.2) is 23.8 Å². The van der Waals surface area contributed by atoms with E-state index in [0.29, 0.717) is 11.7 Å². The van der Waals surface area contributed by atoms with Crippen molar-refractivity contribution < 1.29 is 4.79 Å². The van der Waals surface area contributed by atoms with Crippen LogP contribution in [0.3, 0.4) is 0 Å². The highest BCUT2D eigenvalue weighted by atomic mass is 16.1. The Labute approximate surface area is 80.5 Å². The van der Waals surface area contributed by atoms with Gasteiger partial charge >= 0.3 is 0 Å². The lowest BCUT2D eigenvalue weighted by Gasteiger charge is -2.18. The first-order chi connectivity index (χ1) is 6.08. The number of allylic oxidation sites excluding steroid dienone is 3. The molecule has 0 saturated carbocycles. The van der Waals surface area contributed by atoms with Gasteiger partial charge in [0.2, 0.25) is 0 Å². The summed E-state index contributed by atoms with van der Waals surface area (Å²) in [6.07, 6.45) is 5.70. The van der Waals surface area contributed by atoms with Crippen LogP contribution in [0, 0.1) is 5.92 Å². The quantitative estimate of drug-likeness (QED) is 0.606. The number of ketones is 1. The molecule has 0 amide bonds. The van der Waals surface area contributed by atoms with Crippen molar-refractivity contribution in [3.8, 4) is 0 Å². The summed E-state index contributed by atoms with van der Waals surface area (Å²) in [5, 5.41) is 0. The molecule has 0 aromatic heterocycles. The van der Waals surface area contributed by atoms with E-state index in [1.54, 1.807) is 0 Å². The van der Waals surface area contributed by atoms with E-state index in [0.717, 1.165) is 25.7 Å². The average molecular weight is 178 g/mol. The monoisotopic (exact) mass is 178 g/mol. The van der Waals surface area contributed by atoms with Gasteiger partial charge in [0.05, 0.1) is 0 Å². The number of hydrogen-bond donors (Lipinski definition) is 0. The first-order valence-corrected chi connectivity index (χ1v) is 4.94. The summed E-state index contributed by atoms with van der Waals surface area (Å²) in [6.45, 7) is 8.05. The fraction of sp³-hybridized carbons (Fsp3) is 0.583. The summed E-state index contributed by atoms with van der Waals surface area (Å²) in [4.78, 5) is 11.2. The van der Waals surface area contributed by atoms with Crippen LogP contribution >= 0.6 is 0 Å². The van der Waals surface area contributed by atoms with Crippen LogP contribution in [0.4, 0.5) is 0 Å². The molecule has 1 aliphatic carbocycles. The van der Waals surface area contributed by atoms with Gasteiger partial charge in [0.1, 0.15) is 0 Å². The van der Waals surface area contributed by atoms with Gasteiger partial charge in [0.25, 0.3) is 0 Å². The number of carbonyl (C=O) groups is 1. The van der Waals surface area contributed by atoms with Crippen molar-refractivity contribution in [1.82, 2.24) is 0 Å². The fourth-order valence-corrected chi connectivity index (χ4v) is 1.76. The lowest BCUT2D eigenvalue weighted by atomic mass is 9.87. The van der Waals surface area contributed by atoms with E-state index in [1.807, 2.05) is 13.0 Å². The van der Waals surface area contributed by atoms with Gasteiger partial charge in [0.15, 0.2) is 5.78 Å². The number of carbonyl (C=O) groups excluding carboxylic acids is 1. The van der Waals surface area contributed by atoms with Gasteiger partial charge < -0.3 is 0 Å². The SMILES string of the molecule is C=C(C)CCC1=CC(=O)CC(C)C1. The molecule has 0 aromatic carbocycles. The van der Waals surface area contributed by atoms with Crippen molar-refractivity contribution in [1.29, 1.82) is 0 Å². The van der Waals surface area contributed by atoms with Crippen molar-refractivity contribution in [2.45, 2.75) is 39.5 Å². The summed E-state index contributed by atoms with van der Waals surface area (Å²) in [6, 6.07) is 0. The summed E-state index contributed by atoms with van der Waals surface area (Å²) in [7, 11) is 0. The zero-order valence-electron chi connectivity index (χ0n) is 8.60. The van der Waals surface area contributed by atoms with Crippen LogP contribution in [0.2, 0.25) is 0 Å². The molecule has 1 rings (SSSR count). The maximum absolute atomic E-state index is 11.2.